The summed E-state index contributed by atoms with van der Waals surface area (Å²) in [4.78, 5) is 37.1. The lowest BCUT2D eigenvalue weighted by atomic mass is 10.3. The lowest BCUT2D eigenvalue weighted by molar-refractivity contribution is -0.118. The molecule has 154 valence electrons. The molecule has 0 spiro atoms. The Balaban J connectivity index is 1.88. The van der Waals surface area contributed by atoms with Gasteiger partial charge in [-0.05, 0) is 31.2 Å². The summed E-state index contributed by atoms with van der Waals surface area (Å²) >= 11 is 6.14. The third kappa shape index (κ3) is 5.03. The molecule has 0 bridgehead atoms. The number of carbonyl (C=O) groups is 2. The van der Waals surface area contributed by atoms with Crippen molar-refractivity contribution in [1.82, 2.24) is 9.78 Å². The van der Waals surface area contributed by atoms with Crippen LogP contribution in [-0.2, 0) is 9.53 Å². The summed E-state index contributed by atoms with van der Waals surface area (Å²) in [5.41, 5.74) is 0.0468. The van der Waals surface area contributed by atoms with Gasteiger partial charge in [-0.2, -0.15) is 9.78 Å². The van der Waals surface area contributed by atoms with Gasteiger partial charge in [-0.15, -0.1) is 0 Å². The molecule has 8 nitrogen and oxygen atoms in total. The third-order valence-electron chi connectivity index (χ3n) is 3.86. The number of ether oxygens (including phenoxy) is 2. The van der Waals surface area contributed by atoms with E-state index in [2.05, 4.69) is 10.4 Å². The van der Waals surface area contributed by atoms with Crippen molar-refractivity contribution in [1.29, 1.82) is 0 Å². The van der Waals surface area contributed by atoms with Crippen LogP contribution in [0.15, 0.2) is 65.5 Å². The molecule has 0 radical (unpaired) electrons. The van der Waals surface area contributed by atoms with Crippen molar-refractivity contribution in [2.45, 2.75) is 6.92 Å². The van der Waals surface area contributed by atoms with E-state index in [1.165, 1.54) is 0 Å². The molecule has 3 rings (SSSR count). The van der Waals surface area contributed by atoms with Gasteiger partial charge in [-0.3, -0.25) is 9.59 Å². The number of amides is 1. The number of anilines is 1. The summed E-state index contributed by atoms with van der Waals surface area (Å²) in [6.07, 6.45) is 0. The Kier molecular flexibility index (Phi) is 6.82. The van der Waals surface area contributed by atoms with Crippen molar-refractivity contribution in [3.05, 3.63) is 81.7 Å². The Hall–Kier alpha value is -3.65. The number of rotatable bonds is 7. The Morgan fingerprint density at radius 2 is 1.80 bits per heavy atom. The van der Waals surface area contributed by atoms with E-state index in [0.29, 0.717) is 11.4 Å². The van der Waals surface area contributed by atoms with E-state index in [1.807, 2.05) is 6.07 Å². The van der Waals surface area contributed by atoms with Crippen LogP contribution in [0.1, 0.15) is 17.4 Å². The molecule has 1 N–H and O–H groups in total. The van der Waals surface area contributed by atoms with Gasteiger partial charge in [0.2, 0.25) is 5.69 Å². The summed E-state index contributed by atoms with van der Waals surface area (Å²) in [5, 5.41) is 6.99. The maximum Gasteiger partial charge on any atom is 0.362 e. The molecule has 2 aromatic carbocycles. The quantitative estimate of drug-likeness (QED) is 0.582. The number of nitrogens with one attached hydrogen (secondary N) is 1. The van der Waals surface area contributed by atoms with E-state index in [9.17, 15) is 14.4 Å². The van der Waals surface area contributed by atoms with Crippen molar-refractivity contribution < 1.29 is 19.1 Å². The molecule has 3 aromatic rings. The molecule has 0 aliphatic heterocycles. The molecule has 0 fully saturated rings. The molecule has 1 aromatic heterocycles. The SMILES string of the molecule is CCOC(=O)c1nn(-c2ccccc2Cl)c(=O)cc1OCC(=O)Nc1ccccc1. The number of para-hydroxylation sites is 2. The van der Waals surface area contributed by atoms with E-state index in [0.717, 1.165) is 10.7 Å². The number of nitrogens with zero attached hydrogens (tertiary/aromatic N) is 2. The Morgan fingerprint density at radius 3 is 2.50 bits per heavy atom. The lowest BCUT2D eigenvalue weighted by Gasteiger charge is -2.13. The van der Waals surface area contributed by atoms with Crippen molar-refractivity contribution in [3.63, 3.8) is 0 Å². The first-order valence-electron chi connectivity index (χ1n) is 9.03. The largest absolute Gasteiger partial charge is 0.481 e. The van der Waals surface area contributed by atoms with Gasteiger partial charge in [0.1, 0.15) is 0 Å². The Labute approximate surface area is 177 Å². The maximum absolute atomic E-state index is 12.6. The van der Waals surface area contributed by atoms with Crippen LogP contribution in [0.25, 0.3) is 5.69 Å². The monoisotopic (exact) mass is 427 g/mol. The molecule has 30 heavy (non-hydrogen) atoms. The van der Waals surface area contributed by atoms with Gasteiger partial charge < -0.3 is 14.8 Å². The van der Waals surface area contributed by atoms with Crippen LogP contribution in [-0.4, -0.2) is 34.9 Å². The fourth-order valence-electron chi connectivity index (χ4n) is 2.55. The number of hydrogen-bond donors (Lipinski definition) is 1. The molecule has 1 heterocycles. The van der Waals surface area contributed by atoms with Gasteiger partial charge >= 0.3 is 5.97 Å². The number of halogens is 1. The molecule has 0 aliphatic carbocycles. The molecule has 0 unspecified atom stereocenters. The van der Waals surface area contributed by atoms with Crippen LogP contribution in [0, 0.1) is 0 Å². The summed E-state index contributed by atoms with van der Waals surface area (Å²) < 4.78 is 11.4. The third-order valence-corrected chi connectivity index (χ3v) is 4.18. The number of hydrogen-bond acceptors (Lipinski definition) is 6. The minimum absolute atomic E-state index is 0.0969. The second-order valence-corrected chi connectivity index (χ2v) is 6.39. The molecule has 0 aliphatic rings. The second-order valence-electron chi connectivity index (χ2n) is 5.98. The molecule has 0 atom stereocenters. The van der Waals surface area contributed by atoms with Crippen LogP contribution >= 0.6 is 11.6 Å². The van der Waals surface area contributed by atoms with Crippen molar-refractivity contribution in [3.8, 4) is 11.4 Å². The summed E-state index contributed by atoms with van der Waals surface area (Å²) in [7, 11) is 0. The summed E-state index contributed by atoms with van der Waals surface area (Å²) in [6, 6.07) is 16.4. The van der Waals surface area contributed by atoms with Gasteiger partial charge in [0.15, 0.2) is 12.4 Å². The highest BCUT2D eigenvalue weighted by atomic mass is 35.5. The molecule has 0 saturated carbocycles. The maximum atomic E-state index is 12.6. The molecular formula is C21H18ClN3O5. The van der Waals surface area contributed by atoms with Crippen LogP contribution in [0.5, 0.6) is 5.75 Å². The second kappa shape index (κ2) is 9.71. The number of aromatic nitrogens is 2. The zero-order chi connectivity index (χ0) is 21.5. The average molecular weight is 428 g/mol. The van der Waals surface area contributed by atoms with Gasteiger partial charge in [0.05, 0.1) is 23.4 Å². The van der Waals surface area contributed by atoms with E-state index in [4.69, 9.17) is 21.1 Å². The van der Waals surface area contributed by atoms with Crippen molar-refractivity contribution in [2.24, 2.45) is 0 Å². The smallest absolute Gasteiger partial charge is 0.362 e. The molecule has 1 amide bonds. The Morgan fingerprint density at radius 1 is 1.10 bits per heavy atom. The summed E-state index contributed by atoms with van der Waals surface area (Å²) in [5.74, 6) is -1.42. The van der Waals surface area contributed by atoms with Crippen molar-refractivity contribution in [2.75, 3.05) is 18.5 Å². The van der Waals surface area contributed by atoms with Gasteiger partial charge in [0, 0.05) is 5.69 Å². The summed E-state index contributed by atoms with van der Waals surface area (Å²) in [6.45, 7) is 1.30. The van der Waals surface area contributed by atoms with E-state index in [-0.39, 0.29) is 23.1 Å². The van der Waals surface area contributed by atoms with Crippen LogP contribution in [0.3, 0.4) is 0 Å². The fourth-order valence-corrected chi connectivity index (χ4v) is 2.76. The first kappa shape index (κ1) is 21.1. The van der Waals surface area contributed by atoms with Crippen molar-refractivity contribution >= 4 is 29.2 Å². The van der Waals surface area contributed by atoms with Gasteiger partial charge in [-0.25, -0.2) is 4.79 Å². The fraction of sp³-hybridized carbons (Fsp3) is 0.143. The zero-order valence-corrected chi connectivity index (χ0v) is 16.8. The highest BCUT2D eigenvalue weighted by Gasteiger charge is 2.21. The average Bonchev–Trinajstić information content (AvgIpc) is 2.74. The standard InChI is InChI=1S/C21H18ClN3O5/c1-2-29-21(28)20-17(30-13-18(26)23-14-8-4-3-5-9-14)12-19(27)25(24-20)16-11-7-6-10-15(16)22/h3-12H,2,13H2,1H3,(H,23,26). The predicted molar refractivity (Wildman–Crippen MR) is 111 cm³/mol. The van der Waals surface area contributed by atoms with Crippen LogP contribution in [0.2, 0.25) is 5.02 Å². The lowest BCUT2D eigenvalue weighted by Crippen LogP contribution is -2.27. The topological polar surface area (TPSA) is 99.5 Å². The van der Waals surface area contributed by atoms with E-state index >= 15 is 0 Å². The minimum atomic E-state index is -0.795. The zero-order valence-electron chi connectivity index (χ0n) is 16.0. The number of esters is 1. The van der Waals surface area contributed by atoms with E-state index in [1.54, 1.807) is 55.5 Å². The predicted octanol–water partition coefficient (Wildman–Crippen LogP) is 3.08. The Bertz CT molecular complexity index is 1120. The minimum Gasteiger partial charge on any atom is -0.481 e. The molecule has 0 saturated heterocycles. The first-order valence-corrected chi connectivity index (χ1v) is 9.41. The van der Waals surface area contributed by atoms with Crippen LogP contribution in [0.4, 0.5) is 5.69 Å². The highest BCUT2D eigenvalue weighted by Crippen LogP contribution is 2.20. The highest BCUT2D eigenvalue weighted by molar-refractivity contribution is 6.32. The normalized spacial score (nSPS) is 10.3. The van der Waals surface area contributed by atoms with Crippen LogP contribution < -0.4 is 15.6 Å². The molecular weight excluding hydrogens is 410 g/mol. The number of carbonyl (C=O) groups excluding carboxylic acids is 2. The number of benzene rings is 2. The molecule has 9 heteroatoms. The van der Waals surface area contributed by atoms with Gasteiger partial charge in [0.25, 0.3) is 11.5 Å². The van der Waals surface area contributed by atoms with Gasteiger partial charge in [-0.1, -0.05) is 41.9 Å². The first-order chi connectivity index (χ1) is 14.5. The van der Waals surface area contributed by atoms with E-state index < -0.39 is 24.0 Å².